The van der Waals surface area contributed by atoms with Gasteiger partial charge in [-0.15, -0.1) is 0 Å². The standard InChI is InChI=1S/C15H13BrO6/c1-19-9-3-4-12(20-2)10(7-9)11(17)8-21-15(18)13-5-6-14(16)22-13/h3-7H,8H2,1-2H3. The van der Waals surface area contributed by atoms with Crippen LogP contribution in [0.1, 0.15) is 20.9 Å². The molecule has 0 saturated carbocycles. The van der Waals surface area contributed by atoms with Crippen molar-refractivity contribution < 1.29 is 28.2 Å². The van der Waals surface area contributed by atoms with Crippen LogP contribution >= 0.6 is 15.9 Å². The van der Waals surface area contributed by atoms with Gasteiger partial charge >= 0.3 is 5.97 Å². The van der Waals surface area contributed by atoms with Gasteiger partial charge in [-0.3, -0.25) is 4.79 Å². The van der Waals surface area contributed by atoms with Crippen LogP contribution in [-0.4, -0.2) is 32.6 Å². The number of ether oxygens (including phenoxy) is 3. The van der Waals surface area contributed by atoms with Crippen molar-refractivity contribution in [2.75, 3.05) is 20.8 Å². The zero-order valence-corrected chi connectivity index (χ0v) is 13.5. The second kappa shape index (κ2) is 7.13. The van der Waals surface area contributed by atoms with E-state index in [1.807, 2.05) is 0 Å². The maximum atomic E-state index is 12.2. The fourth-order valence-corrected chi connectivity index (χ4v) is 2.04. The van der Waals surface area contributed by atoms with E-state index >= 15 is 0 Å². The van der Waals surface area contributed by atoms with E-state index in [0.717, 1.165) is 0 Å². The smallest absolute Gasteiger partial charge is 0.374 e. The molecule has 0 aliphatic rings. The van der Waals surface area contributed by atoms with Crippen molar-refractivity contribution in [3.05, 3.63) is 46.3 Å². The number of hydrogen-bond acceptors (Lipinski definition) is 6. The molecule has 0 amide bonds. The molecule has 0 bridgehead atoms. The van der Waals surface area contributed by atoms with Crippen molar-refractivity contribution >= 4 is 27.7 Å². The first kappa shape index (κ1) is 16.1. The number of hydrogen-bond donors (Lipinski definition) is 0. The van der Waals surface area contributed by atoms with Gasteiger partial charge in [0.15, 0.2) is 11.3 Å². The minimum Gasteiger partial charge on any atom is -0.497 e. The Morgan fingerprint density at radius 1 is 1.14 bits per heavy atom. The summed E-state index contributed by atoms with van der Waals surface area (Å²) in [6, 6.07) is 7.81. The average Bonchev–Trinajstić information content (AvgIpc) is 2.98. The van der Waals surface area contributed by atoms with Gasteiger partial charge in [0.25, 0.3) is 0 Å². The van der Waals surface area contributed by atoms with Gasteiger partial charge in [0.2, 0.25) is 11.5 Å². The van der Waals surface area contributed by atoms with Gasteiger partial charge < -0.3 is 18.6 Å². The molecule has 22 heavy (non-hydrogen) atoms. The van der Waals surface area contributed by atoms with E-state index in [1.165, 1.54) is 26.4 Å². The van der Waals surface area contributed by atoms with Crippen molar-refractivity contribution in [2.24, 2.45) is 0 Å². The number of carbonyl (C=O) groups is 2. The SMILES string of the molecule is COc1ccc(OC)c(C(=O)COC(=O)c2ccc(Br)o2)c1. The third-order valence-electron chi connectivity index (χ3n) is 2.82. The summed E-state index contributed by atoms with van der Waals surface area (Å²) >= 11 is 3.08. The third-order valence-corrected chi connectivity index (χ3v) is 3.24. The first-order chi connectivity index (χ1) is 10.5. The monoisotopic (exact) mass is 368 g/mol. The maximum absolute atomic E-state index is 12.2. The van der Waals surface area contributed by atoms with Gasteiger partial charge in [-0.2, -0.15) is 0 Å². The van der Waals surface area contributed by atoms with Gasteiger partial charge in [-0.25, -0.2) is 4.79 Å². The number of esters is 1. The van der Waals surface area contributed by atoms with Gasteiger partial charge in [0, 0.05) is 0 Å². The molecule has 7 heteroatoms. The lowest BCUT2D eigenvalue weighted by Crippen LogP contribution is -2.14. The molecule has 0 aliphatic carbocycles. The Labute approximate surface area is 135 Å². The largest absolute Gasteiger partial charge is 0.497 e. The first-order valence-electron chi connectivity index (χ1n) is 6.23. The van der Waals surface area contributed by atoms with Crippen LogP contribution in [0.4, 0.5) is 0 Å². The molecule has 0 radical (unpaired) electrons. The highest BCUT2D eigenvalue weighted by Crippen LogP contribution is 2.24. The number of methoxy groups -OCH3 is 2. The van der Waals surface area contributed by atoms with Crippen LogP contribution in [0.2, 0.25) is 0 Å². The van der Waals surface area contributed by atoms with Gasteiger partial charge in [0.05, 0.1) is 19.8 Å². The van der Waals surface area contributed by atoms with Crippen LogP contribution in [0.25, 0.3) is 0 Å². The summed E-state index contributed by atoms with van der Waals surface area (Å²) in [4.78, 5) is 23.9. The Morgan fingerprint density at radius 2 is 1.91 bits per heavy atom. The normalized spacial score (nSPS) is 10.1. The summed E-state index contributed by atoms with van der Waals surface area (Å²) in [6.07, 6.45) is 0. The van der Waals surface area contributed by atoms with Crippen molar-refractivity contribution in [1.29, 1.82) is 0 Å². The Morgan fingerprint density at radius 3 is 2.50 bits per heavy atom. The second-order valence-corrected chi connectivity index (χ2v) is 4.95. The van der Waals surface area contributed by atoms with E-state index in [9.17, 15) is 9.59 Å². The van der Waals surface area contributed by atoms with Crippen LogP contribution in [0, 0.1) is 0 Å². The maximum Gasteiger partial charge on any atom is 0.374 e. The van der Waals surface area contributed by atoms with Crippen LogP contribution in [-0.2, 0) is 4.74 Å². The highest BCUT2D eigenvalue weighted by atomic mass is 79.9. The quantitative estimate of drug-likeness (QED) is 0.576. The van der Waals surface area contributed by atoms with Crippen LogP contribution in [0.5, 0.6) is 11.5 Å². The predicted octanol–water partition coefficient (Wildman–Crippen LogP) is 3.10. The molecule has 0 saturated heterocycles. The molecule has 1 aromatic heterocycles. The Hall–Kier alpha value is -2.28. The number of rotatable bonds is 6. The minimum atomic E-state index is -0.721. The van der Waals surface area contributed by atoms with E-state index in [-0.39, 0.29) is 11.3 Å². The molecule has 0 unspecified atom stereocenters. The molecule has 0 spiro atoms. The molecule has 1 aromatic carbocycles. The van der Waals surface area contributed by atoms with Gasteiger partial charge in [-0.05, 0) is 46.3 Å². The summed E-state index contributed by atoms with van der Waals surface area (Å²) in [6.45, 7) is -0.430. The molecular weight excluding hydrogens is 356 g/mol. The van der Waals surface area contributed by atoms with Gasteiger partial charge in [0.1, 0.15) is 11.5 Å². The molecule has 1 heterocycles. The fraction of sp³-hybridized carbons (Fsp3) is 0.200. The van der Waals surface area contributed by atoms with Crippen molar-refractivity contribution in [1.82, 2.24) is 0 Å². The van der Waals surface area contributed by atoms with E-state index in [2.05, 4.69) is 15.9 Å². The summed E-state index contributed by atoms with van der Waals surface area (Å²) in [7, 11) is 2.94. The number of furan rings is 1. The van der Waals surface area contributed by atoms with Crippen molar-refractivity contribution in [3.8, 4) is 11.5 Å². The second-order valence-electron chi connectivity index (χ2n) is 4.17. The lowest BCUT2D eigenvalue weighted by Gasteiger charge is -2.09. The fourth-order valence-electron chi connectivity index (χ4n) is 1.74. The summed E-state index contributed by atoms with van der Waals surface area (Å²) < 4.78 is 20.6. The highest BCUT2D eigenvalue weighted by Gasteiger charge is 2.18. The molecule has 2 rings (SSSR count). The number of halogens is 1. The molecule has 0 atom stereocenters. The Bertz CT molecular complexity index is 691. The topological polar surface area (TPSA) is 75.0 Å². The first-order valence-corrected chi connectivity index (χ1v) is 7.02. The number of ketones is 1. The molecular formula is C15H13BrO6. The summed E-state index contributed by atoms with van der Waals surface area (Å²) in [5.41, 5.74) is 0.273. The number of Topliss-reactive ketones (excluding diaryl/α,β-unsaturated/α-hetero) is 1. The molecule has 0 aliphatic heterocycles. The summed E-state index contributed by atoms with van der Waals surface area (Å²) in [5.74, 6) is -0.235. The van der Waals surface area contributed by atoms with Gasteiger partial charge in [-0.1, -0.05) is 0 Å². The lowest BCUT2D eigenvalue weighted by molar-refractivity contribution is 0.0442. The third kappa shape index (κ3) is 3.67. The van der Waals surface area contributed by atoms with Crippen LogP contribution in [0.3, 0.4) is 0 Å². The molecule has 116 valence electrons. The number of carbonyl (C=O) groups excluding carboxylic acids is 2. The highest BCUT2D eigenvalue weighted by molar-refractivity contribution is 9.10. The summed E-state index contributed by atoms with van der Waals surface area (Å²) in [5, 5.41) is 0. The lowest BCUT2D eigenvalue weighted by atomic mass is 10.1. The van der Waals surface area contributed by atoms with E-state index in [1.54, 1.807) is 18.2 Å². The number of benzene rings is 1. The predicted molar refractivity (Wildman–Crippen MR) is 80.6 cm³/mol. The average molecular weight is 369 g/mol. The molecule has 0 fully saturated rings. The zero-order chi connectivity index (χ0) is 16.1. The van der Waals surface area contributed by atoms with E-state index in [4.69, 9.17) is 18.6 Å². The van der Waals surface area contributed by atoms with E-state index in [0.29, 0.717) is 16.2 Å². The van der Waals surface area contributed by atoms with Crippen molar-refractivity contribution in [2.45, 2.75) is 0 Å². The molecule has 6 nitrogen and oxygen atoms in total. The van der Waals surface area contributed by atoms with Crippen molar-refractivity contribution in [3.63, 3.8) is 0 Å². The Kier molecular flexibility index (Phi) is 5.21. The minimum absolute atomic E-state index is 0.0114. The zero-order valence-electron chi connectivity index (χ0n) is 11.9. The molecule has 2 aromatic rings. The Balaban J connectivity index is 2.07. The van der Waals surface area contributed by atoms with E-state index < -0.39 is 18.4 Å². The van der Waals surface area contributed by atoms with Crippen LogP contribution < -0.4 is 9.47 Å². The molecule has 0 N–H and O–H groups in total. The van der Waals surface area contributed by atoms with Crippen LogP contribution in [0.15, 0.2) is 39.4 Å².